The maximum atomic E-state index is 4.76. The summed E-state index contributed by atoms with van der Waals surface area (Å²) >= 11 is 0. The standard InChI is InChI=1S/C17H23N5/c1-2-22(15-10-6-5-7-11-15)17-19-16(14-18-20-17)21-12-8-3-4-9-13-21/h5-7,10-11,14H,2-4,8-9,12-13H2,1H3. The molecule has 0 saturated carbocycles. The molecule has 1 aromatic heterocycles. The second-order valence-corrected chi connectivity index (χ2v) is 5.60. The Morgan fingerprint density at radius 1 is 1.05 bits per heavy atom. The highest BCUT2D eigenvalue weighted by Gasteiger charge is 2.15. The average Bonchev–Trinajstić information content (AvgIpc) is 2.86. The number of rotatable bonds is 4. The number of nitrogens with zero attached hydrogens (tertiary/aromatic N) is 5. The van der Waals surface area contributed by atoms with Crippen LogP contribution in [-0.4, -0.2) is 34.8 Å². The van der Waals surface area contributed by atoms with Crippen molar-refractivity contribution in [1.82, 2.24) is 15.2 Å². The summed E-state index contributed by atoms with van der Waals surface area (Å²) in [7, 11) is 0. The maximum absolute atomic E-state index is 4.76. The summed E-state index contributed by atoms with van der Waals surface area (Å²) in [6.45, 7) is 5.05. The molecule has 0 bridgehead atoms. The molecule has 0 atom stereocenters. The van der Waals surface area contributed by atoms with E-state index in [2.05, 4.69) is 39.1 Å². The first-order valence-corrected chi connectivity index (χ1v) is 8.15. The Morgan fingerprint density at radius 3 is 2.45 bits per heavy atom. The summed E-state index contributed by atoms with van der Waals surface area (Å²) in [6, 6.07) is 10.2. The molecule has 2 aromatic rings. The van der Waals surface area contributed by atoms with Crippen molar-refractivity contribution < 1.29 is 0 Å². The molecule has 0 amide bonds. The van der Waals surface area contributed by atoms with Gasteiger partial charge in [0.25, 0.3) is 5.95 Å². The van der Waals surface area contributed by atoms with E-state index in [0.717, 1.165) is 31.1 Å². The van der Waals surface area contributed by atoms with Crippen molar-refractivity contribution in [1.29, 1.82) is 0 Å². The highest BCUT2D eigenvalue weighted by Crippen LogP contribution is 2.23. The van der Waals surface area contributed by atoms with Crippen LogP contribution in [-0.2, 0) is 0 Å². The van der Waals surface area contributed by atoms with Crippen LogP contribution < -0.4 is 9.80 Å². The number of anilines is 3. The van der Waals surface area contributed by atoms with Gasteiger partial charge in [-0.3, -0.25) is 0 Å². The molecule has 0 aliphatic carbocycles. The van der Waals surface area contributed by atoms with Gasteiger partial charge in [-0.1, -0.05) is 31.0 Å². The number of hydrogen-bond acceptors (Lipinski definition) is 5. The molecule has 5 nitrogen and oxygen atoms in total. The Hall–Kier alpha value is -2.17. The number of aromatic nitrogens is 3. The van der Waals surface area contributed by atoms with Crippen LogP contribution >= 0.6 is 0 Å². The van der Waals surface area contributed by atoms with Crippen LogP contribution in [0.25, 0.3) is 0 Å². The lowest BCUT2D eigenvalue weighted by Crippen LogP contribution is -2.27. The molecule has 1 aliphatic rings. The number of para-hydroxylation sites is 1. The third-order valence-corrected chi connectivity index (χ3v) is 4.09. The number of benzene rings is 1. The van der Waals surface area contributed by atoms with Gasteiger partial charge >= 0.3 is 0 Å². The monoisotopic (exact) mass is 297 g/mol. The first-order valence-electron chi connectivity index (χ1n) is 8.15. The SMILES string of the molecule is CCN(c1ccccc1)c1nncc(N2CCCCCC2)n1. The molecule has 0 spiro atoms. The quantitative estimate of drug-likeness (QED) is 0.865. The van der Waals surface area contributed by atoms with E-state index in [1.165, 1.54) is 25.7 Å². The predicted molar refractivity (Wildman–Crippen MR) is 89.6 cm³/mol. The van der Waals surface area contributed by atoms with Gasteiger partial charge in [0.05, 0.1) is 6.20 Å². The van der Waals surface area contributed by atoms with Crippen molar-refractivity contribution >= 4 is 17.5 Å². The molecule has 1 saturated heterocycles. The van der Waals surface area contributed by atoms with Crippen LogP contribution in [0.15, 0.2) is 36.5 Å². The Labute approximate surface area is 132 Å². The van der Waals surface area contributed by atoms with E-state index >= 15 is 0 Å². The first kappa shape index (κ1) is 14.8. The topological polar surface area (TPSA) is 45.2 Å². The summed E-state index contributed by atoms with van der Waals surface area (Å²) in [5.74, 6) is 1.62. The molecule has 0 N–H and O–H groups in total. The fourth-order valence-corrected chi connectivity index (χ4v) is 2.90. The molecule has 0 radical (unpaired) electrons. The third kappa shape index (κ3) is 3.35. The lowest BCUT2D eigenvalue weighted by atomic mass is 10.2. The summed E-state index contributed by atoms with van der Waals surface area (Å²) in [5.41, 5.74) is 1.10. The van der Waals surface area contributed by atoms with Crippen molar-refractivity contribution in [3.8, 4) is 0 Å². The molecule has 22 heavy (non-hydrogen) atoms. The molecule has 2 heterocycles. The number of hydrogen-bond donors (Lipinski definition) is 0. The normalized spacial score (nSPS) is 15.4. The van der Waals surface area contributed by atoms with E-state index in [4.69, 9.17) is 4.98 Å². The van der Waals surface area contributed by atoms with E-state index in [9.17, 15) is 0 Å². The summed E-state index contributed by atoms with van der Waals surface area (Å²) in [5, 5.41) is 8.43. The molecule has 1 aromatic carbocycles. The van der Waals surface area contributed by atoms with Crippen LogP contribution in [0.2, 0.25) is 0 Å². The van der Waals surface area contributed by atoms with E-state index < -0.39 is 0 Å². The van der Waals surface area contributed by atoms with Crippen molar-refractivity contribution in [2.24, 2.45) is 0 Å². The van der Waals surface area contributed by atoms with E-state index in [1.807, 2.05) is 18.2 Å². The van der Waals surface area contributed by atoms with Crippen LogP contribution in [0.5, 0.6) is 0 Å². The smallest absolute Gasteiger partial charge is 0.251 e. The van der Waals surface area contributed by atoms with Gasteiger partial charge in [-0.25, -0.2) is 0 Å². The van der Waals surface area contributed by atoms with Gasteiger partial charge in [-0.15, -0.1) is 5.10 Å². The maximum Gasteiger partial charge on any atom is 0.251 e. The largest absolute Gasteiger partial charge is 0.355 e. The lowest BCUT2D eigenvalue weighted by molar-refractivity contribution is 0.726. The molecule has 1 fully saturated rings. The molecule has 5 heteroatoms. The Morgan fingerprint density at radius 2 is 1.77 bits per heavy atom. The van der Waals surface area contributed by atoms with Gasteiger partial charge in [0, 0.05) is 25.3 Å². The molecular formula is C17H23N5. The summed E-state index contributed by atoms with van der Waals surface area (Å²) < 4.78 is 0. The highest BCUT2D eigenvalue weighted by atomic mass is 15.3. The third-order valence-electron chi connectivity index (χ3n) is 4.09. The fourth-order valence-electron chi connectivity index (χ4n) is 2.90. The van der Waals surface area contributed by atoms with Gasteiger partial charge in [-0.2, -0.15) is 10.1 Å². The first-order chi connectivity index (χ1) is 10.9. The molecular weight excluding hydrogens is 274 g/mol. The van der Waals surface area contributed by atoms with Gasteiger partial charge in [0.15, 0.2) is 5.82 Å². The average molecular weight is 297 g/mol. The molecule has 0 unspecified atom stereocenters. The van der Waals surface area contributed by atoms with Crippen molar-refractivity contribution in [2.45, 2.75) is 32.6 Å². The Balaban J connectivity index is 1.86. The lowest BCUT2D eigenvalue weighted by Gasteiger charge is -2.24. The molecule has 1 aliphatic heterocycles. The van der Waals surface area contributed by atoms with Crippen LogP contribution in [0.3, 0.4) is 0 Å². The second kappa shape index (κ2) is 7.20. The zero-order valence-electron chi connectivity index (χ0n) is 13.1. The van der Waals surface area contributed by atoms with Crippen LogP contribution in [0.4, 0.5) is 17.5 Å². The van der Waals surface area contributed by atoms with Crippen molar-refractivity contribution in [3.63, 3.8) is 0 Å². The van der Waals surface area contributed by atoms with Crippen LogP contribution in [0.1, 0.15) is 32.6 Å². The minimum absolute atomic E-state index is 0.676. The minimum Gasteiger partial charge on any atom is -0.355 e. The van der Waals surface area contributed by atoms with Crippen molar-refractivity contribution in [2.75, 3.05) is 29.4 Å². The van der Waals surface area contributed by atoms with Crippen molar-refractivity contribution in [3.05, 3.63) is 36.5 Å². The van der Waals surface area contributed by atoms with E-state index in [-0.39, 0.29) is 0 Å². The zero-order valence-corrected chi connectivity index (χ0v) is 13.1. The Kier molecular flexibility index (Phi) is 4.83. The predicted octanol–water partition coefficient (Wildman–Crippen LogP) is 3.41. The highest BCUT2D eigenvalue weighted by molar-refractivity contribution is 5.57. The molecule has 116 valence electrons. The minimum atomic E-state index is 0.676. The van der Waals surface area contributed by atoms with Crippen LogP contribution in [0, 0.1) is 0 Å². The van der Waals surface area contributed by atoms with Gasteiger partial charge in [-0.05, 0) is 31.9 Å². The second-order valence-electron chi connectivity index (χ2n) is 5.60. The van der Waals surface area contributed by atoms with Gasteiger partial charge < -0.3 is 9.80 Å². The summed E-state index contributed by atoms with van der Waals surface area (Å²) in [4.78, 5) is 9.19. The van der Waals surface area contributed by atoms with E-state index in [1.54, 1.807) is 6.20 Å². The Bertz CT molecular complexity index is 579. The fraction of sp³-hybridized carbons (Fsp3) is 0.471. The van der Waals surface area contributed by atoms with E-state index in [0.29, 0.717) is 5.95 Å². The zero-order chi connectivity index (χ0) is 15.2. The van der Waals surface area contributed by atoms with Gasteiger partial charge in [0.2, 0.25) is 0 Å². The van der Waals surface area contributed by atoms with Gasteiger partial charge in [0.1, 0.15) is 0 Å². The molecule has 3 rings (SSSR count). The summed E-state index contributed by atoms with van der Waals surface area (Å²) in [6.07, 6.45) is 6.87.